The maximum Gasteiger partial charge on any atom is 0.416 e. The Kier molecular flexibility index (Phi) is 8.93. The number of nitrogens with one attached hydrogen (secondary N) is 1. The van der Waals surface area contributed by atoms with Crippen molar-refractivity contribution in [3.63, 3.8) is 0 Å². The molecule has 2 aromatic rings. The average molecular weight is 516 g/mol. The van der Waals surface area contributed by atoms with Crippen LogP contribution in [0.4, 0.5) is 24.5 Å². The van der Waals surface area contributed by atoms with E-state index in [1.54, 1.807) is 29.2 Å². The highest BCUT2D eigenvalue weighted by molar-refractivity contribution is 7.80. The molecule has 0 saturated heterocycles. The fraction of sp³-hybridized carbons (Fsp3) is 0.458. The van der Waals surface area contributed by atoms with Gasteiger partial charge in [-0.25, -0.2) is 0 Å². The summed E-state index contributed by atoms with van der Waals surface area (Å²) in [6.45, 7) is 10.00. The van der Waals surface area contributed by atoms with Crippen molar-refractivity contribution >= 4 is 40.2 Å². The molecule has 0 bridgehead atoms. The van der Waals surface area contributed by atoms with E-state index in [1.165, 1.54) is 0 Å². The van der Waals surface area contributed by atoms with E-state index in [1.807, 2.05) is 34.6 Å². The molecule has 0 saturated carbocycles. The minimum absolute atomic E-state index is 0.0664. The summed E-state index contributed by atoms with van der Waals surface area (Å²) in [6.07, 6.45) is -4.17. The highest BCUT2D eigenvalue weighted by Crippen LogP contribution is 2.38. The summed E-state index contributed by atoms with van der Waals surface area (Å²) in [5.41, 5.74) is -1.23. The number of rotatable bonds is 8. The van der Waals surface area contributed by atoms with Gasteiger partial charge in [-0.2, -0.15) is 13.2 Å². The largest absolute Gasteiger partial charge is 0.416 e. The van der Waals surface area contributed by atoms with Crippen LogP contribution in [0.2, 0.25) is 5.02 Å². The van der Waals surface area contributed by atoms with Gasteiger partial charge in [0.2, 0.25) is 0 Å². The first-order valence-corrected chi connectivity index (χ1v) is 11.6. The van der Waals surface area contributed by atoms with Gasteiger partial charge in [-0.15, -0.1) is 0 Å². The zero-order valence-electron chi connectivity index (χ0n) is 19.7. The van der Waals surface area contributed by atoms with Gasteiger partial charge in [0, 0.05) is 23.2 Å². The standard InChI is InChI=1S/C24H29ClF3N3O2S/c1-15(2)12-21(22(34)29-23(3,4)5)30(14-16-6-9-18(25)10-7-16)19-11-8-17(24(26,27)28)13-20(19)31(32)33/h6-11,13,15,21H,12,14H2,1-5H3,(H,29,34). The molecule has 1 N–H and O–H groups in total. The van der Waals surface area contributed by atoms with Crippen molar-refractivity contribution < 1.29 is 18.1 Å². The number of hydrogen-bond acceptors (Lipinski definition) is 4. The number of nitro benzene ring substituents is 1. The molecular weight excluding hydrogens is 487 g/mol. The quantitative estimate of drug-likeness (QED) is 0.225. The van der Waals surface area contributed by atoms with Crippen LogP contribution in [-0.2, 0) is 12.7 Å². The Labute approximate surface area is 208 Å². The van der Waals surface area contributed by atoms with Gasteiger partial charge < -0.3 is 10.2 Å². The Morgan fingerprint density at radius 1 is 1.15 bits per heavy atom. The monoisotopic (exact) mass is 515 g/mol. The minimum atomic E-state index is -4.70. The summed E-state index contributed by atoms with van der Waals surface area (Å²) in [6, 6.07) is 9.04. The first kappa shape index (κ1) is 27.9. The van der Waals surface area contributed by atoms with E-state index in [-0.39, 0.29) is 23.7 Å². The number of halogens is 4. The zero-order valence-corrected chi connectivity index (χ0v) is 21.3. The zero-order chi connectivity index (χ0) is 25.8. The van der Waals surface area contributed by atoms with E-state index in [4.69, 9.17) is 23.8 Å². The van der Waals surface area contributed by atoms with Gasteiger partial charge in [-0.05, 0) is 62.9 Å². The number of nitro groups is 1. The molecule has 0 heterocycles. The summed E-state index contributed by atoms with van der Waals surface area (Å²) in [5.74, 6) is 0.158. The summed E-state index contributed by atoms with van der Waals surface area (Å²) in [4.78, 5) is 13.3. The summed E-state index contributed by atoms with van der Waals surface area (Å²) in [7, 11) is 0. The molecule has 1 unspecified atom stereocenters. The number of thiocarbonyl (C=S) groups is 1. The Morgan fingerprint density at radius 2 is 1.74 bits per heavy atom. The molecule has 10 heteroatoms. The SMILES string of the molecule is CC(C)CC(C(=S)NC(C)(C)C)N(Cc1ccc(Cl)cc1)c1ccc(C(F)(F)F)cc1[N+](=O)[O-]. The summed E-state index contributed by atoms with van der Waals surface area (Å²) < 4.78 is 39.9. The molecule has 0 amide bonds. The van der Waals surface area contributed by atoms with E-state index in [0.29, 0.717) is 22.5 Å². The Morgan fingerprint density at radius 3 is 2.21 bits per heavy atom. The normalized spacial score (nSPS) is 13.0. The number of hydrogen-bond donors (Lipinski definition) is 1. The molecule has 5 nitrogen and oxygen atoms in total. The molecule has 0 aliphatic heterocycles. The first-order chi connectivity index (χ1) is 15.6. The highest BCUT2D eigenvalue weighted by atomic mass is 35.5. The number of benzene rings is 2. The third-order valence-electron chi connectivity index (χ3n) is 4.95. The third kappa shape index (κ3) is 7.84. The number of nitrogens with zero attached hydrogens (tertiary/aromatic N) is 2. The van der Waals surface area contributed by atoms with Crippen LogP contribution in [0.15, 0.2) is 42.5 Å². The van der Waals surface area contributed by atoms with E-state index in [2.05, 4.69) is 5.32 Å². The highest BCUT2D eigenvalue weighted by Gasteiger charge is 2.36. The maximum absolute atomic E-state index is 13.3. The fourth-order valence-electron chi connectivity index (χ4n) is 3.51. The first-order valence-electron chi connectivity index (χ1n) is 10.8. The molecule has 0 aromatic heterocycles. The van der Waals surface area contributed by atoms with Crippen molar-refractivity contribution in [1.29, 1.82) is 0 Å². The molecule has 34 heavy (non-hydrogen) atoms. The van der Waals surface area contributed by atoms with Crippen molar-refractivity contribution in [3.05, 3.63) is 68.7 Å². The van der Waals surface area contributed by atoms with Crippen molar-refractivity contribution in [1.82, 2.24) is 5.32 Å². The molecule has 0 radical (unpaired) electrons. The van der Waals surface area contributed by atoms with Gasteiger partial charge in [0.25, 0.3) is 5.69 Å². The number of alkyl halides is 3. The lowest BCUT2D eigenvalue weighted by atomic mass is 9.98. The smallest absolute Gasteiger partial charge is 0.373 e. The Bertz CT molecular complexity index is 1020. The van der Waals surface area contributed by atoms with E-state index in [0.717, 1.165) is 17.7 Å². The second kappa shape index (κ2) is 10.9. The predicted octanol–water partition coefficient (Wildman–Crippen LogP) is 7.40. The molecule has 2 aromatic carbocycles. The van der Waals surface area contributed by atoms with E-state index >= 15 is 0 Å². The lowest BCUT2D eigenvalue weighted by molar-refractivity contribution is -0.384. The van der Waals surface area contributed by atoms with Gasteiger partial charge in [0.05, 0.1) is 21.5 Å². The Balaban J connectivity index is 2.69. The Hall–Kier alpha value is -2.39. The van der Waals surface area contributed by atoms with Crippen molar-refractivity contribution in [2.45, 2.75) is 65.3 Å². The molecule has 1 atom stereocenters. The lowest BCUT2D eigenvalue weighted by Crippen LogP contribution is -2.52. The predicted molar refractivity (Wildman–Crippen MR) is 134 cm³/mol. The van der Waals surface area contributed by atoms with Crippen LogP contribution in [0.25, 0.3) is 0 Å². The van der Waals surface area contributed by atoms with Gasteiger partial charge in [-0.3, -0.25) is 10.1 Å². The molecule has 0 aliphatic carbocycles. The van der Waals surface area contributed by atoms with Crippen LogP contribution in [0.3, 0.4) is 0 Å². The third-order valence-corrected chi connectivity index (χ3v) is 5.57. The second-order valence-corrected chi connectivity index (χ2v) is 10.5. The topological polar surface area (TPSA) is 58.4 Å². The second-order valence-electron chi connectivity index (χ2n) is 9.60. The molecular formula is C24H29ClF3N3O2S. The minimum Gasteiger partial charge on any atom is -0.373 e. The molecule has 2 rings (SSSR count). The van der Waals surface area contributed by atoms with Gasteiger partial charge >= 0.3 is 6.18 Å². The van der Waals surface area contributed by atoms with Crippen LogP contribution < -0.4 is 10.2 Å². The molecule has 0 aliphatic rings. The average Bonchev–Trinajstić information content (AvgIpc) is 2.69. The fourth-order valence-corrected chi connectivity index (χ4v) is 4.17. The molecule has 186 valence electrons. The van der Waals surface area contributed by atoms with Crippen LogP contribution in [0.5, 0.6) is 0 Å². The van der Waals surface area contributed by atoms with Crippen LogP contribution in [0, 0.1) is 16.0 Å². The molecule has 0 fully saturated rings. The van der Waals surface area contributed by atoms with E-state index in [9.17, 15) is 23.3 Å². The van der Waals surface area contributed by atoms with Crippen LogP contribution in [-0.4, -0.2) is 21.5 Å². The lowest BCUT2D eigenvalue weighted by Gasteiger charge is -2.37. The van der Waals surface area contributed by atoms with E-state index < -0.39 is 28.4 Å². The summed E-state index contributed by atoms with van der Waals surface area (Å²) in [5, 5.41) is 15.7. The van der Waals surface area contributed by atoms with Crippen molar-refractivity contribution in [2.24, 2.45) is 5.92 Å². The van der Waals surface area contributed by atoms with Gasteiger partial charge in [0.1, 0.15) is 5.69 Å². The summed E-state index contributed by atoms with van der Waals surface area (Å²) >= 11 is 11.7. The maximum atomic E-state index is 13.3. The number of anilines is 1. The van der Waals surface area contributed by atoms with Crippen LogP contribution in [0.1, 0.15) is 52.2 Å². The van der Waals surface area contributed by atoms with Gasteiger partial charge in [0.15, 0.2) is 0 Å². The van der Waals surface area contributed by atoms with Crippen molar-refractivity contribution in [2.75, 3.05) is 4.90 Å². The van der Waals surface area contributed by atoms with Crippen molar-refractivity contribution in [3.8, 4) is 0 Å². The van der Waals surface area contributed by atoms with Gasteiger partial charge in [-0.1, -0.05) is 49.8 Å². The molecule has 0 spiro atoms. The van der Waals surface area contributed by atoms with Crippen LogP contribution >= 0.6 is 23.8 Å².